The van der Waals surface area contributed by atoms with Gasteiger partial charge in [-0.25, -0.2) is 4.39 Å². The quantitative estimate of drug-likeness (QED) is 0.857. The fourth-order valence-electron chi connectivity index (χ4n) is 2.12. The summed E-state index contributed by atoms with van der Waals surface area (Å²) in [6, 6.07) is 14.3. The van der Waals surface area contributed by atoms with Crippen LogP contribution >= 0.6 is 0 Å². The van der Waals surface area contributed by atoms with Crippen molar-refractivity contribution in [3.8, 4) is 0 Å². The van der Waals surface area contributed by atoms with Gasteiger partial charge in [-0.1, -0.05) is 42.5 Å². The molecule has 0 radical (unpaired) electrons. The van der Waals surface area contributed by atoms with Crippen LogP contribution in [0.5, 0.6) is 0 Å². The van der Waals surface area contributed by atoms with Gasteiger partial charge >= 0.3 is 0 Å². The van der Waals surface area contributed by atoms with E-state index in [0.29, 0.717) is 12.8 Å². The number of carbonyl (C=O) groups excluding carboxylic acids is 2. The van der Waals surface area contributed by atoms with Crippen LogP contribution in [-0.2, 0) is 11.2 Å². The lowest BCUT2D eigenvalue weighted by Crippen LogP contribution is -2.44. The number of halogens is 1. The zero-order valence-corrected chi connectivity index (χ0v) is 12.0. The molecular formula is C17H17FN2O2. The third-order valence-electron chi connectivity index (χ3n) is 3.33. The number of carbonyl (C=O) groups is 2. The maximum Gasteiger partial charge on any atom is 0.254 e. The van der Waals surface area contributed by atoms with Crippen LogP contribution in [0.1, 0.15) is 22.3 Å². The molecule has 0 heterocycles. The van der Waals surface area contributed by atoms with Crippen molar-refractivity contribution < 1.29 is 14.0 Å². The van der Waals surface area contributed by atoms with Crippen LogP contribution in [0.2, 0.25) is 0 Å². The Hall–Kier alpha value is -2.69. The van der Waals surface area contributed by atoms with Crippen molar-refractivity contribution in [2.45, 2.75) is 18.9 Å². The number of benzene rings is 2. The molecule has 0 fully saturated rings. The average molecular weight is 300 g/mol. The molecule has 114 valence electrons. The Morgan fingerprint density at radius 2 is 1.68 bits per heavy atom. The molecule has 0 aliphatic rings. The molecule has 0 unspecified atom stereocenters. The van der Waals surface area contributed by atoms with E-state index in [4.69, 9.17) is 5.73 Å². The van der Waals surface area contributed by atoms with E-state index < -0.39 is 23.7 Å². The van der Waals surface area contributed by atoms with Gasteiger partial charge < -0.3 is 11.1 Å². The number of nitrogens with one attached hydrogen (secondary N) is 1. The van der Waals surface area contributed by atoms with Crippen LogP contribution < -0.4 is 11.1 Å². The van der Waals surface area contributed by atoms with Crippen LogP contribution in [0, 0.1) is 5.82 Å². The van der Waals surface area contributed by atoms with E-state index in [9.17, 15) is 14.0 Å². The van der Waals surface area contributed by atoms with Crippen molar-refractivity contribution >= 4 is 11.8 Å². The van der Waals surface area contributed by atoms with E-state index in [0.717, 1.165) is 5.56 Å². The topological polar surface area (TPSA) is 72.2 Å². The lowest BCUT2D eigenvalue weighted by atomic mass is 10.0. The van der Waals surface area contributed by atoms with Crippen LogP contribution in [0.25, 0.3) is 0 Å². The Kier molecular flexibility index (Phi) is 5.25. The molecular weight excluding hydrogens is 283 g/mol. The molecule has 2 amide bonds. The van der Waals surface area contributed by atoms with E-state index in [2.05, 4.69) is 5.32 Å². The van der Waals surface area contributed by atoms with Gasteiger partial charge in [0.05, 0.1) is 5.56 Å². The second kappa shape index (κ2) is 7.36. The number of rotatable bonds is 6. The van der Waals surface area contributed by atoms with Crippen molar-refractivity contribution in [2.24, 2.45) is 5.73 Å². The van der Waals surface area contributed by atoms with E-state index in [1.807, 2.05) is 30.3 Å². The van der Waals surface area contributed by atoms with Gasteiger partial charge in [-0.2, -0.15) is 0 Å². The van der Waals surface area contributed by atoms with Gasteiger partial charge in [0, 0.05) is 0 Å². The van der Waals surface area contributed by atoms with Gasteiger partial charge in [0.2, 0.25) is 5.91 Å². The molecule has 5 heteroatoms. The SMILES string of the molecule is NC(=O)[C@@H](CCc1ccccc1)NC(=O)c1ccccc1F. The zero-order valence-electron chi connectivity index (χ0n) is 12.0. The van der Waals surface area contributed by atoms with E-state index in [1.54, 1.807) is 6.07 Å². The minimum absolute atomic E-state index is 0.103. The fraction of sp³-hybridized carbons (Fsp3) is 0.176. The minimum Gasteiger partial charge on any atom is -0.368 e. The summed E-state index contributed by atoms with van der Waals surface area (Å²) < 4.78 is 13.6. The highest BCUT2D eigenvalue weighted by Gasteiger charge is 2.20. The monoisotopic (exact) mass is 300 g/mol. The van der Waals surface area contributed by atoms with Crippen LogP contribution in [0.3, 0.4) is 0 Å². The van der Waals surface area contributed by atoms with E-state index in [1.165, 1.54) is 18.2 Å². The minimum atomic E-state index is -0.840. The molecule has 0 bridgehead atoms. The summed E-state index contributed by atoms with van der Waals surface area (Å²) in [6.07, 6.45) is 0.950. The Labute approximate surface area is 128 Å². The van der Waals surface area contributed by atoms with Gasteiger partial charge in [-0.3, -0.25) is 9.59 Å². The second-order valence-electron chi connectivity index (χ2n) is 4.93. The molecule has 0 saturated heterocycles. The summed E-state index contributed by atoms with van der Waals surface area (Å²) in [5, 5.41) is 2.49. The molecule has 0 saturated carbocycles. The average Bonchev–Trinajstić information content (AvgIpc) is 2.52. The first-order valence-corrected chi connectivity index (χ1v) is 6.96. The fourth-order valence-corrected chi connectivity index (χ4v) is 2.12. The predicted molar refractivity (Wildman–Crippen MR) is 81.6 cm³/mol. The predicted octanol–water partition coefficient (Wildman–Crippen LogP) is 2.04. The van der Waals surface area contributed by atoms with Crippen LogP contribution in [-0.4, -0.2) is 17.9 Å². The summed E-state index contributed by atoms with van der Waals surface area (Å²) >= 11 is 0. The maximum absolute atomic E-state index is 13.6. The highest BCUT2D eigenvalue weighted by atomic mass is 19.1. The van der Waals surface area contributed by atoms with Gasteiger partial charge in [-0.05, 0) is 30.5 Å². The molecule has 2 rings (SSSR count). The molecule has 0 aliphatic heterocycles. The van der Waals surface area contributed by atoms with Crippen molar-refractivity contribution in [3.63, 3.8) is 0 Å². The van der Waals surface area contributed by atoms with Gasteiger partial charge in [0.25, 0.3) is 5.91 Å². The summed E-state index contributed by atoms with van der Waals surface area (Å²) in [5.74, 6) is -1.91. The van der Waals surface area contributed by atoms with Crippen molar-refractivity contribution in [1.82, 2.24) is 5.32 Å². The van der Waals surface area contributed by atoms with Crippen molar-refractivity contribution in [2.75, 3.05) is 0 Å². The molecule has 0 aromatic heterocycles. The van der Waals surface area contributed by atoms with Crippen LogP contribution in [0.4, 0.5) is 4.39 Å². The molecule has 22 heavy (non-hydrogen) atoms. The number of primary amides is 1. The molecule has 0 spiro atoms. The van der Waals surface area contributed by atoms with Gasteiger partial charge in [-0.15, -0.1) is 0 Å². The van der Waals surface area contributed by atoms with Crippen molar-refractivity contribution in [3.05, 3.63) is 71.5 Å². The summed E-state index contributed by atoms with van der Waals surface area (Å²) in [5.41, 5.74) is 6.25. The molecule has 2 aromatic rings. The largest absolute Gasteiger partial charge is 0.368 e. The first kappa shape index (κ1) is 15.7. The molecule has 4 nitrogen and oxygen atoms in total. The number of hydrogen-bond donors (Lipinski definition) is 2. The number of aryl methyl sites for hydroxylation is 1. The maximum atomic E-state index is 13.6. The Bertz CT molecular complexity index is 659. The molecule has 2 aromatic carbocycles. The smallest absolute Gasteiger partial charge is 0.254 e. The molecule has 3 N–H and O–H groups in total. The summed E-state index contributed by atoms with van der Waals surface area (Å²) in [6.45, 7) is 0. The Morgan fingerprint density at radius 3 is 2.32 bits per heavy atom. The summed E-state index contributed by atoms with van der Waals surface area (Å²) in [7, 11) is 0. The highest BCUT2D eigenvalue weighted by molar-refractivity contribution is 5.97. The third kappa shape index (κ3) is 4.15. The Balaban J connectivity index is 2.01. The summed E-state index contributed by atoms with van der Waals surface area (Å²) in [4.78, 5) is 23.5. The molecule has 0 aliphatic carbocycles. The van der Waals surface area contributed by atoms with Gasteiger partial charge in [0.15, 0.2) is 0 Å². The van der Waals surface area contributed by atoms with Crippen molar-refractivity contribution in [1.29, 1.82) is 0 Å². The standard InChI is InChI=1S/C17H17FN2O2/c18-14-9-5-4-8-13(14)17(22)20-15(16(19)21)11-10-12-6-2-1-3-7-12/h1-9,15H,10-11H2,(H2,19,21)(H,20,22)/t15-/m1/s1. The first-order valence-electron chi connectivity index (χ1n) is 6.96. The lowest BCUT2D eigenvalue weighted by Gasteiger charge is -2.15. The third-order valence-corrected chi connectivity index (χ3v) is 3.33. The second-order valence-corrected chi connectivity index (χ2v) is 4.93. The van der Waals surface area contributed by atoms with E-state index in [-0.39, 0.29) is 5.56 Å². The first-order chi connectivity index (χ1) is 10.6. The van der Waals surface area contributed by atoms with E-state index >= 15 is 0 Å². The zero-order chi connectivity index (χ0) is 15.9. The Morgan fingerprint density at radius 1 is 1.05 bits per heavy atom. The number of nitrogens with two attached hydrogens (primary N) is 1. The normalized spacial score (nSPS) is 11.7. The van der Waals surface area contributed by atoms with Gasteiger partial charge in [0.1, 0.15) is 11.9 Å². The van der Waals surface area contributed by atoms with Crippen LogP contribution in [0.15, 0.2) is 54.6 Å². The highest BCUT2D eigenvalue weighted by Crippen LogP contribution is 2.09. The lowest BCUT2D eigenvalue weighted by molar-refractivity contribution is -0.120. The number of hydrogen-bond acceptors (Lipinski definition) is 2. The number of amides is 2. The molecule has 1 atom stereocenters.